The van der Waals surface area contributed by atoms with Crippen LogP contribution >= 0.6 is 0 Å². The molecule has 2 aromatic rings. The van der Waals surface area contributed by atoms with E-state index in [4.69, 9.17) is 11.1 Å². The fourth-order valence-corrected chi connectivity index (χ4v) is 3.65. The predicted molar refractivity (Wildman–Crippen MR) is 120 cm³/mol. The average molecular weight is 415 g/mol. The summed E-state index contributed by atoms with van der Waals surface area (Å²) in [5.41, 5.74) is 18.4. The van der Waals surface area contributed by atoms with Crippen LogP contribution in [0.3, 0.4) is 0 Å². The summed E-state index contributed by atoms with van der Waals surface area (Å²) in [6.45, 7) is 6.64. The zero-order valence-corrected chi connectivity index (χ0v) is 18.0. The summed E-state index contributed by atoms with van der Waals surface area (Å²) in [4.78, 5) is 19.4. The van der Waals surface area contributed by atoms with Crippen LogP contribution in [0, 0.1) is 22.4 Å². The zero-order chi connectivity index (χ0) is 22.4. The Morgan fingerprint density at radius 1 is 0.806 bits per heavy atom. The second-order valence-electron chi connectivity index (χ2n) is 8.72. The molecule has 7 nitrogen and oxygen atoms in total. The second kappa shape index (κ2) is 9.35. The third kappa shape index (κ3) is 5.64. The molecule has 1 aliphatic rings. The smallest absolute Gasteiger partial charge is 0.220 e. The van der Waals surface area contributed by atoms with Gasteiger partial charge in [-0.1, -0.05) is 45.0 Å². The van der Waals surface area contributed by atoms with Gasteiger partial charge in [0.2, 0.25) is 9.82 Å². The Hall–Kier alpha value is -3.79. The topological polar surface area (TPSA) is 118 Å². The van der Waals surface area contributed by atoms with Crippen LogP contribution < -0.4 is 9.82 Å². The molecule has 156 valence electrons. The van der Waals surface area contributed by atoms with Gasteiger partial charge in [-0.3, -0.25) is 4.79 Å². The maximum Gasteiger partial charge on any atom is 0.220 e. The molecule has 0 unspecified atom stereocenters. The maximum atomic E-state index is 13.3. The van der Waals surface area contributed by atoms with Crippen LogP contribution in [0.1, 0.15) is 44.7 Å². The van der Waals surface area contributed by atoms with Crippen molar-refractivity contribution in [3.05, 3.63) is 70.8 Å². The normalized spacial score (nSPS) is 19.1. The summed E-state index contributed by atoms with van der Waals surface area (Å²) >= 11 is 0. The molecule has 2 aromatic carbocycles. The minimum atomic E-state index is 0.0651. The molecule has 0 spiro atoms. The first kappa shape index (κ1) is 21.9. The first-order valence-electron chi connectivity index (χ1n) is 10.1. The number of hydrogen-bond donors (Lipinski definition) is 2. The van der Waals surface area contributed by atoms with Crippen LogP contribution in [0.25, 0.3) is 12.2 Å². The third-order valence-electron chi connectivity index (χ3n) is 5.54. The van der Waals surface area contributed by atoms with Crippen molar-refractivity contribution in [2.24, 2.45) is 21.6 Å². The highest BCUT2D eigenvalue weighted by Gasteiger charge is 2.34. The molecule has 0 radical (unpaired) electrons. The van der Waals surface area contributed by atoms with Crippen molar-refractivity contribution in [3.8, 4) is 0 Å². The molecule has 1 aliphatic carbocycles. The van der Waals surface area contributed by atoms with Gasteiger partial charge in [0, 0.05) is 11.1 Å². The van der Waals surface area contributed by atoms with Gasteiger partial charge < -0.3 is 0 Å². The largest absolute Gasteiger partial charge is 0.289 e. The molecule has 0 atom stereocenters. The standard InChI is InChI=1S/C24H26N6O/c1-24(2,3)20-14-18(12-16-4-8-21(9-5-16)27-29-25)23(31)19(15-20)13-17-6-10-22(11-7-17)28-30-26/h4-13,20,25-26H,14-15H2,1-3H3/q+2/b18-12+,19-13+. The minimum absolute atomic E-state index is 0.0651. The molecule has 0 amide bonds. The number of nitrogens with zero attached hydrogens (tertiary/aromatic N) is 4. The van der Waals surface area contributed by atoms with Gasteiger partial charge in [0.15, 0.2) is 27.4 Å². The molecule has 1 saturated carbocycles. The van der Waals surface area contributed by atoms with Gasteiger partial charge in [0.25, 0.3) is 0 Å². The lowest BCUT2D eigenvalue weighted by molar-refractivity contribution is -0.113. The number of Topliss-reactive ketones (excluding diaryl/α,β-unsaturated/α-hetero) is 1. The highest BCUT2D eigenvalue weighted by atomic mass is 16.1. The molecule has 3 rings (SSSR count). The number of nitrogens with one attached hydrogen (secondary N) is 2. The van der Waals surface area contributed by atoms with E-state index in [-0.39, 0.29) is 11.2 Å². The highest BCUT2D eigenvalue weighted by molar-refractivity contribution is 6.14. The lowest BCUT2D eigenvalue weighted by atomic mass is 9.68. The van der Waals surface area contributed by atoms with E-state index in [0.717, 1.165) is 35.1 Å². The predicted octanol–water partition coefficient (Wildman–Crippen LogP) is 6.54. The van der Waals surface area contributed by atoms with Crippen molar-refractivity contribution < 1.29 is 4.79 Å². The number of rotatable bonds is 4. The molecular weight excluding hydrogens is 388 g/mol. The Kier molecular flexibility index (Phi) is 6.61. The number of allylic oxidation sites excluding steroid dienone is 2. The third-order valence-corrected chi connectivity index (χ3v) is 5.54. The summed E-state index contributed by atoms with van der Waals surface area (Å²) < 4.78 is 0. The number of benzene rings is 2. The number of ketones is 1. The van der Waals surface area contributed by atoms with Crippen molar-refractivity contribution in [2.45, 2.75) is 33.6 Å². The number of carbonyl (C=O) groups excluding carboxylic acids is 1. The molecule has 0 saturated heterocycles. The second-order valence-corrected chi connectivity index (χ2v) is 8.72. The lowest BCUT2D eigenvalue weighted by Crippen LogP contribution is -2.29. The SMILES string of the molecule is CC(C)(C)C1C/C(=C\c2ccc(N=[N+]=N)cc2)C(=O)/C(=C/c2ccc(N=[N+]=N)cc2)C1. The van der Waals surface area contributed by atoms with Gasteiger partial charge in [0.1, 0.15) is 11.1 Å². The van der Waals surface area contributed by atoms with E-state index in [1.54, 1.807) is 24.3 Å². The van der Waals surface area contributed by atoms with Crippen molar-refractivity contribution in [1.82, 2.24) is 9.82 Å². The first-order valence-corrected chi connectivity index (χ1v) is 10.1. The van der Waals surface area contributed by atoms with Crippen LogP contribution in [-0.4, -0.2) is 5.78 Å². The van der Waals surface area contributed by atoms with Crippen LogP contribution in [0.15, 0.2) is 69.9 Å². The number of carbonyl (C=O) groups is 1. The van der Waals surface area contributed by atoms with E-state index in [2.05, 4.69) is 40.8 Å². The van der Waals surface area contributed by atoms with Crippen LogP contribution in [0.2, 0.25) is 0 Å². The average Bonchev–Trinajstić information content (AvgIpc) is 2.73. The van der Waals surface area contributed by atoms with Gasteiger partial charge >= 0.3 is 0 Å². The molecule has 0 bridgehead atoms. The molecule has 0 heterocycles. The van der Waals surface area contributed by atoms with Crippen molar-refractivity contribution in [1.29, 1.82) is 11.1 Å². The van der Waals surface area contributed by atoms with E-state index >= 15 is 0 Å². The Balaban J connectivity index is 1.96. The first-order chi connectivity index (χ1) is 14.8. The Bertz CT molecular complexity index is 1040. The summed E-state index contributed by atoms with van der Waals surface area (Å²) in [5, 5.41) is 7.40. The molecule has 7 heteroatoms. The molecular formula is C24H26N6O+2. The highest BCUT2D eigenvalue weighted by Crippen LogP contribution is 2.42. The van der Waals surface area contributed by atoms with Crippen LogP contribution in [0.5, 0.6) is 0 Å². The molecule has 0 aromatic heterocycles. The zero-order valence-electron chi connectivity index (χ0n) is 18.0. The van der Waals surface area contributed by atoms with E-state index in [1.165, 1.54) is 0 Å². The van der Waals surface area contributed by atoms with Gasteiger partial charge in [-0.25, -0.2) is 0 Å². The van der Waals surface area contributed by atoms with Crippen LogP contribution in [0.4, 0.5) is 11.4 Å². The monoisotopic (exact) mass is 414 g/mol. The van der Waals surface area contributed by atoms with E-state index in [0.29, 0.717) is 17.3 Å². The fraction of sp³-hybridized carbons (Fsp3) is 0.292. The van der Waals surface area contributed by atoms with Gasteiger partial charge in [-0.05, 0) is 71.7 Å². The quantitative estimate of drug-likeness (QED) is 0.329. The van der Waals surface area contributed by atoms with Crippen molar-refractivity contribution >= 4 is 29.3 Å². The van der Waals surface area contributed by atoms with Crippen molar-refractivity contribution in [3.63, 3.8) is 0 Å². The minimum Gasteiger partial charge on any atom is -0.289 e. The molecule has 0 aliphatic heterocycles. The van der Waals surface area contributed by atoms with E-state index in [1.807, 2.05) is 36.4 Å². The maximum absolute atomic E-state index is 13.3. The molecule has 31 heavy (non-hydrogen) atoms. The van der Waals surface area contributed by atoms with Crippen LogP contribution in [-0.2, 0) is 4.79 Å². The van der Waals surface area contributed by atoms with Gasteiger partial charge in [-0.2, -0.15) is 0 Å². The van der Waals surface area contributed by atoms with Gasteiger partial charge in [-0.15, -0.1) is 0 Å². The van der Waals surface area contributed by atoms with Gasteiger partial charge in [0.05, 0.1) is 0 Å². The van der Waals surface area contributed by atoms with E-state index < -0.39 is 0 Å². The van der Waals surface area contributed by atoms with Crippen molar-refractivity contribution in [2.75, 3.05) is 0 Å². The summed E-state index contributed by atoms with van der Waals surface area (Å²) in [6.07, 6.45) is 5.37. The summed E-state index contributed by atoms with van der Waals surface area (Å²) in [5.74, 6) is 0.417. The lowest BCUT2D eigenvalue weighted by Gasteiger charge is -2.35. The Morgan fingerprint density at radius 3 is 1.52 bits per heavy atom. The summed E-state index contributed by atoms with van der Waals surface area (Å²) in [7, 11) is 0. The fourth-order valence-electron chi connectivity index (χ4n) is 3.65. The summed E-state index contributed by atoms with van der Waals surface area (Å²) in [6, 6.07) is 14.7. The number of hydrogen-bond acceptors (Lipinski definition) is 5. The Morgan fingerprint density at radius 2 is 1.19 bits per heavy atom. The molecule has 2 N–H and O–H groups in total. The van der Waals surface area contributed by atoms with E-state index in [9.17, 15) is 4.79 Å². The Labute approximate surface area is 181 Å². The molecule has 1 fully saturated rings.